The highest BCUT2D eigenvalue weighted by Gasteiger charge is 2.33. The Bertz CT molecular complexity index is 211. The van der Waals surface area contributed by atoms with Crippen molar-refractivity contribution in [3.63, 3.8) is 0 Å². The number of hydrogen-bond donors (Lipinski definition) is 0. The molecule has 0 amide bonds. The molecule has 1 rings (SSSR count). The summed E-state index contributed by atoms with van der Waals surface area (Å²) in [5.74, 6) is -0.369. The largest absolute Gasteiger partial charge is 0.353 e. The molecule has 0 aromatic heterocycles. The summed E-state index contributed by atoms with van der Waals surface area (Å²) in [5, 5.41) is 8.45. The second-order valence-electron chi connectivity index (χ2n) is 3.92. The molecule has 1 aliphatic rings. The summed E-state index contributed by atoms with van der Waals surface area (Å²) >= 11 is 0. The number of nitrogens with zero attached hydrogens (tertiary/aromatic N) is 2. The summed E-state index contributed by atoms with van der Waals surface area (Å²) < 4.78 is 10.8. The van der Waals surface area contributed by atoms with Crippen LogP contribution in [-0.4, -0.2) is 44.5 Å². The summed E-state index contributed by atoms with van der Waals surface area (Å²) in [7, 11) is 3.41. The Morgan fingerprint density at radius 3 is 2.33 bits per heavy atom. The van der Waals surface area contributed by atoms with E-state index in [-0.39, 0.29) is 5.79 Å². The molecule has 0 radical (unpaired) electrons. The van der Waals surface area contributed by atoms with Gasteiger partial charge in [-0.3, -0.25) is 0 Å². The summed E-state index contributed by atoms with van der Waals surface area (Å²) in [5.41, 5.74) is 0. The lowest BCUT2D eigenvalue weighted by atomic mass is 10.0. The molecule has 0 saturated carbocycles. The molecular formula is C11H20N2O2. The zero-order chi connectivity index (χ0) is 11.1. The van der Waals surface area contributed by atoms with Crippen LogP contribution in [0.25, 0.3) is 0 Å². The molecule has 86 valence electrons. The molecule has 0 spiro atoms. The van der Waals surface area contributed by atoms with E-state index < -0.39 is 0 Å². The highest BCUT2D eigenvalue weighted by molar-refractivity contribution is 4.80. The lowest BCUT2D eigenvalue weighted by Gasteiger charge is -2.39. The zero-order valence-corrected chi connectivity index (χ0v) is 9.66. The second-order valence-corrected chi connectivity index (χ2v) is 3.92. The van der Waals surface area contributed by atoms with Gasteiger partial charge in [0, 0.05) is 46.6 Å². The summed E-state index contributed by atoms with van der Waals surface area (Å²) in [6, 6.07) is 2.17. The van der Waals surface area contributed by atoms with Crippen molar-refractivity contribution < 1.29 is 9.47 Å². The van der Waals surface area contributed by atoms with Crippen molar-refractivity contribution in [3.8, 4) is 6.07 Å². The van der Waals surface area contributed by atoms with Gasteiger partial charge in [0.25, 0.3) is 0 Å². The maximum atomic E-state index is 8.45. The first-order chi connectivity index (χ1) is 7.26. The number of rotatable bonds is 5. The van der Waals surface area contributed by atoms with E-state index in [0.29, 0.717) is 6.42 Å². The highest BCUT2D eigenvalue weighted by atomic mass is 16.7. The molecule has 4 heteroatoms. The van der Waals surface area contributed by atoms with Crippen molar-refractivity contribution in [2.45, 2.75) is 31.5 Å². The first-order valence-electron chi connectivity index (χ1n) is 5.46. The third kappa shape index (κ3) is 3.45. The fourth-order valence-corrected chi connectivity index (χ4v) is 1.99. The van der Waals surface area contributed by atoms with Gasteiger partial charge in [-0.1, -0.05) is 0 Å². The fourth-order valence-electron chi connectivity index (χ4n) is 1.99. The van der Waals surface area contributed by atoms with Crippen molar-refractivity contribution in [2.75, 3.05) is 33.9 Å². The third-order valence-electron chi connectivity index (χ3n) is 3.12. The van der Waals surface area contributed by atoms with Crippen LogP contribution in [0.1, 0.15) is 25.7 Å². The Hall–Kier alpha value is -0.630. The predicted octanol–water partition coefficient (Wildman–Crippen LogP) is 1.38. The van der Waals surface area contributed by atoms with E-state index in [9.17, 15) is 0 Å². The van der Waals surface area contributed by atoms with Gasteiger partial charge in [0.05, 0.1) is 6.07 Å². The lowest BCUT2D eigenvalue weighted by Crippen LogP contribution is -2.46. The minimum absolute atomic E-state index is 0.369. The van der Waals surface area contributed by atoms with Gasteiger partial charge in [-0.05, 0) is 13.0 Å². The number of unbranched alkanes of at least 4 members (excludes halogenated alkanes) is 1. The average molecular weight is 212 g/mol. The Morgan fingerprint density at radius 2 is 1.87 bits per heavy atom. The van der Waals surface area contributed by atoms with Gasteiger partial charge >= 0.3 is 0 Å². The number of nitriles is 1. The zero-order valence-electron chi connectivity index (χ0n) is 9.66. The van der Waals surface area contributed by atoms with Crippen molar-refractivity contribution in [3.05, 3.63) is 0 Å². The number of ether oxygens (including phenoxy) is 2. The molecule has 0 bridgehead atoms. The van der Waals surface area contributed by atoms with Crippen LogP contribution >= 0.6 is 0 Å². The standard InChI is InChI=1S/C11H20N2O2/c1-14-11(15-2)5-9-13(10-6-11)8-4-3-7-12/h3-6,8-10H2,1-2H3. The minimum atomic E-state index is -0.369. The maximum absolute atomic E-state index is 8.45. The number of hydrogen-bond acceptors (Lipinski definition) is 4. The van der Waals surface area contributed by atoms with Crippen molar-refractivity contribution >= 4 is 0 Å². The van der Waals surface area contributed by atoms with Gasteiger partial charge in [0.1, 0.15) is 0 Å². The molecule has 4 nitrogen and oxygen atoms in total. The van der Waals surface area contributed by atoms with Gasteiger partial charge in [0.2, 0.25) is 0 Å². The van der Waals surface area contributed by atoms with Crippen molar-refractivity contribution in [1.29, 1.82) is 5.26 Å². The molecule has 0 N–H and O–H groups in total. The van der Waals surface area contributed by atoms with E-state index in [1.54, 1.807) is 14.2 Å². The third-order valence-corrected chi connectivity index (χ3v) is 3.12. The van der Waals surface area contributed by atoms with Crippen LogP contribution in [0.15, 0.2) is 0 Å². The molecule has 0 aromatic rings. The quantitative estimate of drug-likeness (QED) is 0.510. The molecule has 15 heavy (non-hydrogen) atoms. The topological polar surface area (TPSA) is 45.5 Å². The molecule has 1 saturated heterocycles. The van der Waals surface area contributed by atoms with E-state index in [2.05, 4.69) is 11.0 Å². The monoisotopic (exact) mass is 212 g/mol. The van der Waals surface area contributed by atoms with E-state index in [0.717, 1.165) is 38.9 Å². The fraction of sp³-hybridized carbons (Fsp3) is 0.909. The molecule has 0 aromatic carbocycles. The Labute approximate surface area is 91.8 Å². The van der Waals surface area contributed by atoms with E-state index in [4.69, 9.17) is 14.7 Å². The van der Waals surface area contributed by atoms with Gasteiger partial charge in [0.15, 0.2) is 5.79 Å². The maximum Gasteiger partial charge on any atom is 0.169 e. The summed E-state index contributed by atoms with van der Waals surface area (Å²) in [4.78, 5) is 2.37. The Kier molecular flexibility index (Phi) is 5.03. The van der Waals surface area contributed by atoms with Crippen LogP contribution in [0.2, 0.25) is 0 Å². The van der Waals surface area contributed by atoms with Crippen LogP contribution < -0.4 is 0 Å². The van der Waals surface area contributed by atoms with Crippen LogP contribution in [0.4, 0.5) is 0 Å². The first-order valence-corrected chi connectivity index (χ1v) is 5.46. The van der Waals surface area contributed by atoms with Crippen LogP contribution in [0, 0.1) is 11.3 Å². The van der Waals surface area contributed by atoms with Crippen LogP contribution in [0.3, 0.4) is 0 Å². The molecular weight excluding hydrogens is 192 g/mol. The predicted molar refractivity (Wildman–Crippen MR) is 57.3 cm³/mol. The van der Waals surface area contributed by atoms with E-state index >= 15 is 0 Å². The number of likely N-dealkylation sites (tertiary alicyclic amines) is 1. The lowest BCUT2D eigenvalue weighted by molar-refractivity contribution is -0.229. The van der Waals surface area contributed by atoms with Crippen molar-refractivity contribution in [2.24, 2.45) is 0 Å². The second kappa shape index (κ2) is 6.06. The summed E-state index contributed by atoms with van der Waals surface area (Å²) in [6.45, 7) is 3.00. The average Bonchev–Trinajstić information content (AvgIpc) is 2.31. The molecule has 1 heterocycles. The SMILES string of the molecule is COC1(OC)CCN(CCCC#N)CC1. The Balaban J connectivity index is 2.26. The Morgan fingerprint density at radius 1 is 1.27 bits per heavy atom. The normalized spacial score (nSPS) is 21.1. The molecule has 0 aliphatic carbocycles. The first kappa shape index (κ1) is 12.4. The van der Waals surface area contributed by atoms with Crippen LogP contribution in [0.5, 0.6) is 0 Å². The van der Waals surface area contributed by atoms with E-state index in [1.807, 2.05) is 0 Å². The van der Waals surface area contributed by atoms with Gasteiger partial charge in [-0.15, -0.1) is 0 Å². The number of methoxy groups -OCH3 is 2. The van der Waals surface area contributed by atoms with E-state index in [1.165, 1.54) is 0 Å². The van der Waals surface area contributed by atoms with Crippen molar-refractivity contribution in [1.82, 2.24) is 4.90 Å². The molecule has 1 aliphatic heterocycles. The van der Waals surface area contributed by atoms with Gasteiger partial charge in [-0.25, -0.2) is 0 Å². The molecule has 1 fully saturated rings. The molecule has 0 atom stereocenters. The highest BCUT2D eigenvalue weighted by Crippen LogP contribution is 2.26. The smallest absolute Gasteiger partial charge is 0.169 e. The number of piperidine rings is 1. The molecule has 0 unspecified atom stereocenters. The van der Waals surface area contributed by atoms with Gasteiger partial charge in [-0.2, -0.15) is 5.26 Å². The summed E-state index contributed by atoms with van der Waals surface area (Å²) in [6.07, 6.45) is 3.43. The minimum Gasteiger partial charge on any atom is -0.353 e. The van der Waals surface area contributed by atoms with Crippen LogP contribution in [-0.2, 0) is 9.47 Å². The van der Waals surface area contributed by atoms with Gasteiger partial charge < -0.3 is 14.4 Å².